The van der Waals surface area contributed by atoms with Crippen molar-refractivity contribution in [2.45, 2.75) is 29.8 Å². The number of rotatable bonds is 4. The van der Waals surface area contributed by atoms with Crippen LogP contribution in [0.3, 0.4) is 0 Å². The van der Waals surface area contributed by atoms with Crippen LogP contribution in [-0.2, 0) is 4.79 Å². The molecule has 0 aromatic carbocycles. The van der Waals surface area contributed by atoms with E-state index in [4.69, 9.17) is 10.2 Å². The van der Waals surface area contributed by atoms with Crippen molar-refractivity contribution >= 4 is 28.6 Å². The SMILES string of the molecule is CCC[C@@H](I)[C@@H](O)C(=O)O. The van der Waals surface area contributed by atoms with Crippen molar-refractivity contribution in [3.63, 3.8) is 0 Å². The van der Waals surface area contributed by atoms with Gasteiger partial charge in [-0.05, 0) is 6.42 Å². The van der Waals surface area contributed by atoms with E-state index in [0.717, 1.165) is 12.8 Å². The molecule has 0 saturated heterocycles. The lowest BCUT2D eigenvalue weighted by Crippen LogP contribution is -2.29. The molecule has 0 aliphatic rings. The second kappa shape index (κ2) is 4.90. The third kappa shape index (κ3) is 3.36. The minimum Gasteiger partial charge on any atom is -0.479 e. The number of aliphatic hydroxyl groups excluding tert-OH is 1. The predicted octanol–water partition coefficient (Wildman–Crippen LogP) is 1.04. The topological polar surface area (TPSA) is 57.5 Å². The molecule has 0 aliphatic heterocycles. The first-order chi connectivity index (χ1) is 4.59. The summed E-state index contributed by atoms with van der Waals surface area (Å²) in [5.74, 6) is -1.13. The molecule has 0 heterocycles. The molecule has 0 spiro atoms. The number of hydrogen-bond acceptors (Lipinski definition) is 2. The fraction of sp³-hybridized carbons (Fsp3) is 0.833. The van der Waals surface area contributed by atoms with Crippen LogP contribution in [0.4, 0.5) is 0 Å². The quantitative estimate of drug-likeness (QED) is 0.585. The number of aliphatic carboxylic acids is 1. The molecule has 0 aliphatic carbocycles. The summed E-state index contributed by atoms with van der Waals surface area (Å²) in [5, 5.41) is 17.2. The Labute approximate surface area is 73.6 Å². The molecule has 0 fully saturated rings. The predicted molar refractivity (Wildman–Crippen MR) is 46.4 cm³/mol. The molecule has 0 rings (SSSR count). The van der Waals surface area contributed by atoms with Gasteiger partial charge in [-0.2, -0.15) is 0 Å². The second-order valence-electron chi connectivity index (χ2n) is 2.09. The molecule has 0 bridgehead atoms. The van der Waals surface area contributed by atoms with Crippen LogP contribution in [0.1, 0.15) is 19.8 Å². The lowest BCUT2D eigenvalue weighted by molar-refractivity contribution is -0.146. The Morgan fingerprint density at radius 3 is 2.50 bits per heavy atom. The number of halogens is 1. The average molecular weight is 258 g/mol. The number of carboxylic acids is 1. The summed E-state index contributed by atoms with van der Waals surface area (Å²) < 4.78 is -0.167. The van der Waals surface area contributed by atoms with Crippen molar-refractivity contribution in [1.82, 2.24) is 0 Å². The van der Waals surface area contributed by atoms with E-state index in [1.54, 1.807) is 0 Å². The Kier molecular flexibility index (Phi) is 4.98. The monoisotopic (exact) mass is 258 g/mol. The van der Waals surface area contributed by atoms with Gasteiger partial charge in [0.2, 0.25) is 0 Å². The van der Waals surface area contributed by atoms with Crippen molar-refractivity contribution < 1.29 is 15.0 Å². The van der Waals surface area contributed by atoms with Gasteiger partial charge in [0, 0.05) is 3.92 Å². The number of hydrogen-bond donors (Lipinski definition) is 2. The normalized spacial score (nSPS) is 16.3. The van der Waals surface area contributed by atoms with Crippen molar-refractivity contribution in [1.29, 1.82) is 0 Å². The lowest BCUT2D eigenvalue weighted by atomic mass is 10.2. The second-order valence-corrected chi connectivity index (χ2v) is 3.69. The molecule has 10 heavy (non-hydrogen) atoms. The molecule has 0 unspecified atom stereocenters. The van der Waals surface area contributed by atoms with Crippen molar-refractivity contribution in [2.24, 2.45) is 0 Å². The van der Waals surface area contributed by atoms with Crippen molar-refractivity contribution in [3.05, 3.63) is 0 Å². The number of carbonyl (C=O) groups is 1. The van der Waals surface area contributed by atoms with Crippen LogP contribution >= 0.6 is 22.6 Å². The fourth-order valence-corrected chi connectivity index (χ4v) is 1.52. The van der Waals surface area contributed by atoms with Crippen LogP contribution in [0.25, 0.3) is 0 Å². The van der Waals surface area contributed by atoms with Gasteiger partial charge in [0.15, 0.2) is 6.10 Å². The average Bonchev–Trinajstić information content (AvgIpc) is 1.87. The van der Waals surface area contributed by atoms with Gasteiger partial charge in [-0.1, -0.05) is 35.9 Å². The van der Waals surface area contributed by atoms with E-state index < -0.39 is 12.1 Å². The summed E-state index contributed by atoms with van der Waals surface area (Å²) in [6, 6.07) is 0. The fourth-order valence-electron chi connectivity index (χ4n) is 0.588. The molecule has 60 valence electrons. The van der Waals surface area contributed by atoms with Gasteiger partial charge in [0.05, 0.1) is 0 Å². The maximum absolute atomic E-state index is 10.2. The third-order valence-corrected chi connectivity index (χ3v) is 2.46. The molecule has 2 N–H and O–H groups in total. The maximum Gasteiger partial charge on any atom is 0.333 e. The Hall–Kier alpha value is 0.160. The van der Waals surface area contributed by atoms with Crippen LogP contribution in [0.5, 0.6) is 0 Å². The summed E-state index contributed by atoms with van der Waals surface area (Å²) in [5.41, 5.74) is 0. The Morgan fingerprint density at radius 1 is 1.70 bits per heavy atom. The standard InChI is InChI=1S/C6H11IO3/c1-2-3-4(7)5(8)6(9)10/h4-5,8H,2-3H2,1H3,(H,9,10)/t4-,5-/m1/s1. The van der Waals surface area contributed by atoms with Crippen molar-refractivity contribution in [3.8, 4) is 0 Å². The zero-order valence-corrected chi connectivity index (χ0v) is 7.91. The first-order valence-corrected chi connectivity index (χ1v) is 4.39. The van der Waals surface area contributed by atoms with E-state index in [1.165, 1.54) is 0 Å². The lowest BCUT2D eigenvalue weighted by Gasteiger charge is -2.10. The molecular formula is C6H11IO3. The van der Waals surface area contributed by atoms with E-state index in [2.05, 4.69) is 0 Å². The van der Waals surface area contributed by atoms with Gasteiger partial charge in [-0.25, -0.2) is 4.79 Å². The highest BCUT2D eigenvalue weighted by molar-refractivity contribution is 14.1. The molecular weight excluding hydrogens is 247 g/mol. The van der Waals surface area contributed by atoms with E-state index in [9.17, 15) is 4.79 Å². The number of aliphatic hydroxyl groups is 1. The van der Waals surface area contributed by atoms with Gasteiger partial charge < -0.3 is 10.2 Å². The Morgan fingerprint density at radius 2 is 2.20 bits per heavy atom. The molecule has 0 aromatic rings. The van der Waals surface area contributed by atoms with E-state index in [1.807, 2.05) is 29.5 Å². The molecule has 0 aromatic heterocycles. The van der Waals surface area contributed by atoms with Gasteiger partial charge >= 0.3 is 5.97 Å². The zero-order chi connectivity index (χ0) is 8.15. The maximum atomic E-state index is 10.2. The van der Waals surface area contributed by atoms with Gasteiger partial charge in [0.1, 0.15) is 0 Å². The van der Waals surface area contributed by atoms with E-state index in [0.29, 0.717) is 0 Å². The van der Waals surface area contributed by atoms with Crippen molar-refractivity contribution in [2.75, 3.05) is 0 Å². The van der Waals surface area contributed by atoms with Crippen LogP contribution in [0.15, 0.2) is 0 Å². The van der Waals surface area contributed by atoms with Crippen LogP contribution < -0.4 is 0 Å². The number of alkyl halides is 1. The van der Waals surface area contributed by atoms with Crippen LogP contribution in [0.2, 0.25) is 0 Å². The minimum atomic E-state index is -1.21. The molecule has 2 atom stereocenters. The summed E-state index contributed by atoms with van der Waals surface area (Å²) in [6.07, 6.45) is 0.437. The highest BCUT2D eigenvalue weighted by Gasteiger charge is 2.21. The molecule has 0 saturated carbocycles. The minimum absolute atomic E-state index is 0.167. The first kappa shape index (κ1) is 10.2. The van der Waals surface area contributed by atoms with Gasteiger partial charge in [-0.3, -0.25) is 0 Å². The first-order valence-electron chi connectivity index (χ1n) is 3.14. The zero-order valence-electron chi connectivity index (χ0n) is 5.75. The molecule has 0 radical (unpaired) electrons. The van der Waals surface area contributed by atoms with Crippen LogP contribution in [0, 0.1) is 0 Å². The summed E-state index contributed by atoms with van der Waals surface area (Å²) in [7, 11) is 0. The summed E-state index contributed by atoms with van der Waals surface area (Å²) in [4.78, 5) is 10.2. The Bertz CT molecular complexity index is 116. The van der Waals surface area contributed by atoms with Crippen LogP contribution in [-0.4, -0.2) is 26.2 Å². The Balaban J connectivity index is 3.69. The summed E-state index contributed by atoms with van der Waals surface area (Å²) >= 11 is 1.95. The highest BCUT2D eigenvalue weighted by Crippen LogP contribution is 2.13. The molecule has 3 nitrogen and oxygen atoms in total. The highest BCUT2D eigenvalue weighted by atomic mass is 127. The van der Waals surface area contributed by atoms with Gasteiger partial charge in [0.25, 0.3) is 0 Å². The summed E-state index contributed by atoms with van der Waals surface area (Å²) in [6.45, 7) is 1.96. The largest absolute Gasteiger partial charge is 0.479 e. The third-order valence-electron chi connectivity index (χ3n) is 1.16. The molecule has 0 amide bonds. The number of carboxylic acid groups (broad SMARTS) is 1. The van der Waals surface area contributed by atoms with Gasteiger partial charge in [-0.15, -0.1) is 0 Å². The van der Waals surface area contributed by atoms with E-state index in [-0.39, 0.29) is 3.92 Å². The molecule has 4 heteroatoms. The van der Waals surface area contributed by atoms with E-state index >= 15 is 0 Å². The smallest absolute Gasteiger partial charge is 0.333 e.